The van der Waals surface area contributed by atoms with Crippen LogP contribution in [0.25, 0.3) is 0 Å². The van der Waals surface area contributed by atoms with Gasteiger partial charge in [-0.05, 0) is 23.8 Å². The van der Waals surface area contributed by atoms with E-state index in [2.05, 4.69) is 5.32 Å². The third kappa shape index (κ3) is 2.96. The number of nitrogens with one attached hydrogen (secondary N) is 1. The number of rotatable bonds is 1. The molecule has 1 aromatic rings. The lowest BCUT2D eigenvalue weighted by Gasteiger charge is -2.29. The molecule has 19 heavy (non-hydrogen) atoms. The van der Waals surface area contributed by atoms with Crippen LogP contribution in [0.15, 0.2) is 18.2 Å². The SMILES string of the molecule is Cl.O=C(C1Cc2cc(Cl)ccc2O1)N1CCNCC1. The second kappa shape index (κ2) is 5.99. The summed E-state index contributed by atoms with van der Waals surface area (Å²) in [5.41, 5.74) is 1.02. The Morgan fingerprint density at radius 1 is 1.37 bits per heavy atom. The quantitative estimate of drug-likeness (QED) is 0.855. The summed E-state index contributed by atoms with van der Waals surface area (Å²) >= 11 is 5.94. The van der Waals surface area contributed by atoms with Crippen LogP contribution in [-0.4, -0.2) is 43.1 Å². The molecular weight excluding hydrogens is 287 g/mol. The Kier molecular flexibility index (Phi) is 4.55. The van der Waals surface area contributed by atoms with Gasteiger partial charge >= 0.3 is 0 Å². The number of halogens is 2. The van der Waals surface area contributed by atoms with Gasteiger partial charge in [0, 0.05) is 37.6 Å². The zero-order valence-corrected chi connectivity index (χ0v) is 12.0. The number of hydrogen-bond acceptors (Lipinski definition) is 3. The molecule has 2 heterocycles. The first kappa shape index (κ1) is 14.4. The Balaban J connectivity index is 0.00000133. The van der Waals surface area contributed by atoms with Crippen molar-refractivity contribution in [2.45, 2.75) is 12.5 Å². The van der Waals surface area contributed by atoms with Gasteiger partial charge in [-0.2, -0.15) is 0 Å². The van der Waals surface area contributed by atoms with E-state index >= 15 is 0 Å². The molecule has 1 amide bonds. The second-order valence-electron chi connectivity index (χ2n) is 4.64. The van der Waals surface area contributed by atoms with Crippen LogP contribution in [0.1, 0.15) is 5.56 Å². The van der Waals surface area contributed by atoms with Crippen molar-refractivity contribution in [3.05, 3.63) is 28.8 Å². The first-order valence-electron chi connectivity index (χ1n) is 6.18. The average molecular weight is 303 g/mol. The normalized spacial score (nSPS) is 21.3. The van der Waals surface area contributed by atoms with Gasteiger partial charge in [-0.3, -0.25) is 4.79 Å². The van der Waals surface area contributed by atoms with Crippen LogP contribution in [0.3, 0.4) is 0 Å². The lowest BCUT2D eigenvalue weighted by atomic mass is 10.1. The number of carbonyl (C=O) groups is 1. The third-order valence-corrected chi connectivity index (χ3v) is 3.64. The number of benzene rings is 1. The summed E-state index contributed by atoms with van der Waals surface area (Å²) < 4.78 is 5.71. The van der Waals surface area contributed by atoms with Crippen LogP contribution in [0.2, 0.25) is 5.02 Å². The van der Waals surface area contributed by atoms with Gasteiger partial charge in [-0.15, -0.1) is 12.4 Å². The number of hydrogen-bond donors (Lipinski definition) is 1. The molecule has 0 saturated carbocycles. The van der Waals surface area contributed by atoms with E-state index in [0.717, 1.165) is 37.5 Å². The minimum atomic E-state index is -0.378. The molecule has 2 aliphatic heterocycles. The minimum absolute atomic E-state index is 0. The molecule has 1 aromatic carbocycles. The van der Waals surface area contributed by atoms with Crippen molar-refractivity contribution in [3.8, 4) is 5.75 Å². The lowest BCUT2D eigenvalue weighted by molar-refractivity contribution is -0.138. The van der Waals surface area contributed by atoms with Gasteiger partial charge in [-0.25, -0.2) is 0 Å². The van der Waals surface area contributed by atoms with E-state index in [1.807, 2.05) is 17.0 Å². The monoisotopic (exact) mass is 302 g/mol. The molecule has 1 unspecified atom stereocenters. The van der Waals surface area contributed by atoms with Gasteiger partial charge in [0.2, 0.25) is 0 Å². The molecule has 2 aliphatic rings. The number of piperazine rings is 1. The highest BCUT2D eigenvalue weighted by molar-refractivity contribution is 6.30. The highest BCUT2D eigenvalue weighted by Gasteiger charge is 2.32. The zero-order chi connectivity index (χ0) is 12.5. The molecule has 1 atom stereocenters. The summed E-state index contributed by atoms with van der Waals surface area (Å²) in [4.78, 5) is 14.2. The standard InChI is InChI=1S/C13H15ClN2O2.ClH/c14-10-1-2-11-9(7-10)8-12(18-11)13(17)16-5-3-15-4-6-16;/h1-2,7,12,15H,3-6,8H2;1H. The van der Waals surface area contributed by atoms with Crippen molar-refractivity contribution in [2.24, 2.45) is 0 Å². The molecule has 1 fully saturated rings. The molecule has 1 N–H and O–H groups in total. The molecule has 3 rings (SSSR count). The van der Waals surface area contributed by atoms with E-state index in [1.165, 1.54) is 0 Å². The molecule has 4 nitrogen and oxygen atoms in total. The molecule has 0 aliphatic carbocycles. The largest absolute Gasteiger partial charge is 0.480 e. The zero-order valence-electron chi connectivity index (χ0n) is 10.4. The summed E-state index contributed by atoms with van der Waals surface area (Å²) in [6, 6.07) is 5.50. The maximum Gasteiger partial charge on any atom is 0.264 e. The number of carbonyl (C=O) groups excluding carboxylic acids is 1. The Labute approximate surface area is 123 Å². The molecule has 0 spiro atoms. The fraction of sp³-hybridized carbons (Fsp3) is 0.462. The van der Waals surface area contributed by atoms with E-state index in [9.17, 15) is 4.79 Å². The highest BCUT2D eigenvalue weighted by atomic mass is 35.5. The number of nitrogens with zero attached hydrogens (tertiary/aromatic N) is 1. The van der Waals surface area contributed by atoms with Crippen LogP contribution < -0.4 is 10.1 Å². The van der Waals surface area contributed by atoms with Crippen LogP contribution in [0.4, 0.5) is 0 Å². The van der Waals surface area contributed by atoms with Crippen molar-refractivity contribution in [3.63, 3.8) is 0 Å². The second-order valence-corrected chi connectivity index (χ2v) is 5.07. The summed E-state index contributed by atoms with van der Waals surface area (Å²) in [6.45, 7) is 3.24. The van der Waals surface area contributed by atoms with Crippen molar-refractivity contribution < 1.29 is 9.53 Å². The summed E-state index contributed by atoms with van der Waals surface area (Å²) in [5.74, 6) is 0.872. The van der Waals surface area contributed by atoms with Gasteiger partial charge in [0.05, 0.1) is 0 Å². The summed E-state index contributed by atoms with van der Waals surface area (Å²) in [6.07, 6.45) is 0.245. The topological polar surface area (TPSA) is 41.6 Å². The smallest absolute Gasteiger partial charge is 0.264 e. The van der Waals surface area contributed by atoms with E-state index < -0.39 is 0 Å². The maximum atomic E-state index is 12.3. The summed E-state index contributed by atoms with van der Waals surface area (Å²) in [5, 5.41) is 3.92. The Bertz CT molecular complexity index is 476. The predicted octanol–water partition coefficient (Wildman–Crippen LogP) is 1.50. The van der Waals surface area contributed by atoms with Crippen molar-refractivity contribution in [2.75, 3.05) is 26.2 Å². The summed E-state index contributed by atoms with van der Waals surface area (Å²) in [7, 11) is 0. The van der Waals surface area contributed by atoms with Gasteiger partial charge < -0.3 is 15.0 Å². The first-order chi connectivity index (χ1) is 8.74. The van der Waals surface area contributed by atoms with E-state index in [-0.39, 0.29) is 24.4 Å². The van der Waals surface area contributed by atoms with E-state index in [4.69, 9.17) is 16.3 Å². The lowest BCUT2D eigenvalue weighted by Crippen LogP contribution is -2.50. The van der Waals surface area contributed by atoms with Crippen LogP contribution in [0, 0.1) is 0 Å². The number of fused-ring (bicyclic) bond motifs is 1. The fourth-order valence-electron chi connectivity index (χ4n) is 2.44. The third-order valence-electron chi connectivity index (χ3n) is 3.40. The van der Waals surface area contributed by atoms with Crippen molar-refractivity contribution >= 4 is 29.9 Å². The van der Waals surface area contributed by atoms with Crippen LogP contribution in [0.5, 0.6) is 5.75 Å². The van der Waals surface area contributed by atoms with Gasteiger partial charge in [-0.1, -0.05) is 11.6 Å². The van der Waals surface area contributed by atoms with Crippen LogP contribution in [-0.2, 0) is 11.2 Å². The highest BCUT2D eigenvalue weighted by Crippen LogP contribution is 2.31. The van der Waals surface area contributed by atoms with Crippen LogP contribution >= 0.6 is 24.0 Å². The molecule has 0 aromatic heterocycles. The Morgan fingerprint density at radius 3 is 2.84 bits per heavy atom. The number of ether oxygens (including phenoxy) is 1. The Hall–Kier alpha value is -0.970. The first-order valence-corrected chi connectivity index (χ1v) is 6.56. The van der Waals surface area contributed by atoms with Gasteiger partial charge in [0.25, 0.3) is 5.91 Å². The number of amides is 1. The average Bonchev–Trinajstić information content (AvgIpc) is 2.81. The predicted molar refractivity (Wildman–Crippen MR) is 76.3 cm³/mol. The van der Waals surface area contributed by atoms with E-state index in [0.29, 0.717) is 11.4 Å². The minimum Gasteiger partial charge on any atom is -0.480 e. The van der Waals surface area contributed by atoms with Gasteiger partial charge in [0.15, 0.2) is 6.10 Å². The fourth-order valence-corrected chi connectivity index (χ4v) is 2.64. The molecule has 104 valence electrons. The molecule has 6 heteroatoms. The molecular formula is C13H16Cl2N2O2. The maximum absolute atomic E-state index is 12.3. The Morgan fingerprint density at radius 2 is 2.11 bits per heavy atom. The van der Waals surface area contributed by atoms with E-state index in [1.54, 1.807) is 6.07 Å². The molecule has 0 radical (unpaired) electrons. The van der Waals surface area contributed by atoms with Gasteiger partial charge in [0.1, 0.15) is 5.75 Å². The molecule has 1 saturated heterocycles. The molecule has 0 bridgehead atoms. The van der Waals surface area contributed by atoms with Crippen molar-refractivity contribution in [1.29, 1.82) is 0 Å². The van der Waals surface area contributed by atoms with Crippen molar-refractivity contribution in [1.82, 2.24) is 10.2 Å².